The second kappa shape index (κ2) is 3.55. The molecule has 2 nitrogen and oxygen atoms in total. The third-order valence-electron chi connectivity index (χ3n) is 3.09. The second-order valence-corrected chi connectivity index (χ2v) is 4.00. The Balaban J connectivity index is 2.49. The van der Waals surface area contributed by atoms with Crippen LogP contribution in [0.2, 0.25) is 0 Å². The molecule has 1 aliphatic rings. The van der Waals surface area contributed by atoms with Crippen LogP contribution in [-0.4, -0.2) is 17.8 Å². The molecule has 1 fully saturated rings. The molecular formula is C9H19NO. The molecular weight excluding hydrogens is 138 g/mol. The van der Waals surface area contributed by atoms with E-state index in [1.165, 1.54) is 32.1 Å². The second-order valence-electron chi connectivity index (χ2n) is 4.00. The van der Waals surface area contributed by atoms with Crippen molar-refractivity contribution in [2.24, 2.45) is 11.1 Å². The van der Waals surface area contributed by atoms with Crippen LogP contribution in [0.4, 0.5) is 0 Å². The van der Waals surface area contributed by atoms with E-state index in [4.69, 9.17) is 10.8 Å². The van der Waals surface area contributed by atoms with Gasteiger partial charge in [-0.15, -0.1) is 0 Å². The first-order chi connectivity index (χ1) is 5.19. The predicted octanol–water partition coefficient (Wildman–Crippen LogP) is 1.28. The molecule has 0 radical (unpaired) electrons. The summed E-state index contributed by atoms with van der Waals surface area (Å²) in [5.41, 5.74) is 6.05. The average Bonchev–Trinajstić information content (AvgIpc) is 2.04. The minimum absolute atomic E-state index is 0.0113. The Morgan fingerprint density at radius 3 is 2.36 bits per heavy atom. The van der Waals surface area contributed by atoms with Gasteiger partial charge in [0, 0.05) is 6.04 Å². The van der Waals surface area contributed by atoms with E-state index in [1.54, 1.807) is 0 Å². The first-order valence-corrected chi connectivity index (χ1v) is 4.55. The normalized spacial score (nSPS) is 26.5. The van der Waals surface area contributed by atoms with Crippen molar-refractivity contribution < 1.29 is 5.11 Å². The lowest BCUT2D eigenvalue weighted by Crippen LogP contribution is -2.43. The standard InChI is InChI=1S/C9H19NO/c1-9(8(10)7-11)5-3-2-4-6-9/h8,11H,2-7,10H2,1H3/t8-/m0/s1. The lowest BCUT2D eigenvalue weighted by molar-refractivity contribution is 0.117. The minimum atomic E-state index is -0.0113. The third kappa shape index (κ3) is 1.94. The number of aliphatic hydroxyl groups excluding tert-OH is 1. The molecule has 2 heteroatoms. The van der Waals surface area contributed by atoms with Gasteiger partial charge < -0.3 is 10.8 Å². The highest BCUT2D eigenvalue weighted by Gasteiger charge is 2.32. The highest BCUT2D eigenvalue weighted by atomic mass is 16.3. The Hall–Kier alpha value is -0.0800. The Kier molecular flexibility index (Phi) is 2.90. The fourth-order valence-corrected chi connectivity index (χ4v) is 1.95. The number of hydrogen-bond acceptors (Lipinski definition) is 2. The average molecular weight is 157 g/mol. The molecule has 0 amide bonds. The summed E-state index contributed by atoms with van der Waals surface area (Å²) in [6, 6.07) is -0.0113. The molecule has 11 heavy (non-hydrogen) atoms. The van der Waals surface area contributed by atoms with Crippen molar-refractivity contribution in [1.29, 1.82) is 0 Å². The fraction of sp³-hybridized carbons (Fsp3) is 1.00. The van der Waals surface area contributed by atoms with Crippen LogP contribution in [-0.2, 0) is 0 Å². The van der Waals surface area contributed by atoms with E-state index in [2.05, 4.69) is 6.92 Å². The maximum Gasteiger partial charge on any atom is 0.0587 e. The third-order valence-corrected chi connectivity index (χ3v) is 3.09. The number of hydrogen-bond donors (Lipinski definition) is 2. The lowest BCUT2D eigenvalue weighted by atomic mass is 9.71. The van der Waals surface area contributed by atoms with Gasteiger partial charge in [-0.25, -0.2) is 0 Å². The Morgan fingerprint density at radius 2 is 1.91 bits per heavy atom. The van der Waals surface area contributed by atoms with Gasteiger partial charge >= 0.3 is 0 Å². The topological polar surface area (TPSA) is 46.2 Å². The van der Waals surface area contributed by atoms with Crippen molar-refractivity contribution >= 4 is 0 Å². The van der Waals surface area contributed by atoms with Gasteiger partial charge in [-0.05, 0) is 18.3 Å². The molecule has 66 valence electrons. The summed E-state index contributed by atoms with van der Waals surface area (Å²) in [5, 5.41) is 8.93. The van der Waals surface area contributed by atoms with E-state index in [-0.39, 0.29) is 18.1 Å². The molecule has 0 spiro atoms. The maximum atomic E-state index is 8.93. The lowest BCUT2D eigenvalue weighted by Gasteiger charge is -2.37. The van der Waals surface area contributed by atoms with E-state index in [1.807, 2.05) is 0 Å². The zero-order valence-electron chi connectivity index (χ0n) is 7.34. The van der Waals surface area contributed by atoms with Gasteiger partial charge in [-0.1, -0.05) is 26.2 Å². The Labute approximate surface area is 68.8 Å². The summed E-state index contributed by atoms with van der Waals surface area (Å²) in [4.78, 5) is 0. The van der Waals surface area contributed by atoms with E-state index in [0.29, 0.717) is 0 Å². The van der Waals surface area contributed by atoms with E-state index in [9.17, 15) is 0 Å². The van der Waals surface area contributed by atoms with Crippen LogP contribution in [0.5, 0.6) is 0 Å². The van der Waals surface area contributed by atoms with Crippen molar-refractivity contribution in [1.82, 2.24) is 0 Å². The van der Waals surface area contributed by atoms with Gasteiger partial charge in [-0.2, -0.15) is 0 Å². The molecule has 0 aliphatic heterocycles. The van der Waals surface area contributed by atoms with Crippen molar-refractivity contribution in [3.05, 3.63) is 0 Å². The van der Waals surface area contributed by atoms with Gasteiger partial charge in [0.05, 0.1) is 6.61 Å². The van der Waals surface area contributed by atoms with E-state index in [0.717, 1.165) is 0 Å². The number of rotatable bonds is 2. The van der Waals surface area contributed by atoms with Crippen molar-refractivity contribution in [2.45, 2.75) is 45.1 Å². The smallest absolute Gasteiger partial charge is 0.0587 e. The zero-order valence-corrected chi connectivity index (χ0v) is 7.34. The largest absolute Gasteiger partial charge is 0.395 e. The van der Waals surface area contributed by atoms with Crippen LogP contribution in [0, 0.1) is 5.41 Å². The molecule has 0 heterocycles. The first kappa shape index (κ1) is 9.01. The summed E-state index contributed by atoms with van der Waals surface area (Å²) in [5.74, 6) is 0. The van der Waals surface area contributed by atoms with Crippen LogP contribution in [0.15, 0.2) is 0 Å². The summed E-state index contributed by atoms with van der Waals surface area (Å²) in [6.45, 7) is 2.34. The van der Waals surface area contributed by atoms with Gasteiger partial charge in [0.25, 0.3) is 0 Å². The molecule has 0 aromatic heterocycles. The summed E-state index contributed by atoms with van der Waals surface area (Å²) >= 11 is 0. The molecule has 0 aromatic rings. The zero-order chi connectivity index (χ0) is 8.32. The van der Waals surface area contributed by atoms with Crippen LogP contribution in [0.25, 0.3) is 0 Å². The van der Waals surface area contributed by atoms with Crippen molar-refractivity contribution in [2.75, 3.05) is 6.61 Å². The summed E-state index contributed by atoms with van der Waals surface area (Å²) in [7, 11) is 0. The Morgan fingerprint density at radius 1 is 1.36 bits per heavy atom. The van der Waals surface area contributed by atoms with Crippen molar-refractivity contribution in [3.63, 3.8) is 0 Å². The molecule has 1 atom stereocenters. The van der Waals surface area contributed by atoms with Gasteiger partial charge in [0.2, 0.25) is 0 Å². The van der Waals surface area contributed by atoms with Crippen LogP contribution in [0.3, 0.4) is 0 Å². The minimum Gasteiger partial charge on any atom is -0.395 e. The Bertz CT molecular complexity index is 119. The molecule has 0 aromatic carbocycles. The SMILES string of the molecule is CC1([C@@H](N)CO)CCCCC1. The van der Waals surface area contributed by atoms with Crippen LogP contribution >= 0.6 is 0 Å². The maximum absolute atomic E-state index is 8.93. The fourth-order valence-electron chi connectivity index (χ4n) is 1.95. The van der Waals surface area contributed by atoms with E-state index >= 15 is 0 Å². The molecule has 0 bridgehead atoms. The molecule has 3 N–H and O–H groups in total. The van der Waals surface area contributed by atoms with Crippen LogP contribution < -0.4 is 5.73 Å². The highest BCUT2D eigenvalue weighted by molar-refractivity contribution is 4.87. The number of aliphatic hydroxyl groups is 1. The van der Waals surface area contributed by atoms with Gasteiger partial charge in [0.1, 0.15) is 0 Å². The number of nitrogens with two attached hydrogens (primary N) is 1. The summed E-state index contributed by atoms with van der Waals surface area (Å²) in [6.07, 6.45) is 6.28. The molecule has 1 rings (SSSR count). The van der Waals surface area contributed by atoms with Gasteiger partial charge in [-0.3, -0.25) is 0 Å². The highest BCUT2D eigenvalue weighted by Crippen LogP contribution is 2.37. The van der Waals surface area contributed by atoms with E-state index < -0.39 is 0 Å². The first-order valence-electron chi connectivity index (χ1n) is 4.55. The van der Waals surface area contributed by atoms with Crippen LogP contribution in [0.1, 0.15) is 39.0 Å². The van der Waals surface area contributed by atoms with Crippen molar-refractivity contribution in [3.8, 4) is 0 Å². The molecule has 1 aliphatic carbocycles. The quantitative estimate of drug-likeness (QED) is 0.634. The monoisotopic (exact) mass is 157 g/mol. The van der Waals surface area contributed by atoms with Gasteiger partial charge in [0.15, 0.2) is 0 Å². The molecule has 0 saturated heterocycles. The molecule has 0 unspecified atom stereocenters. The summed E-state index contributed by atoms with van der Waals surface area (Å²) < 4.78 is 0. The molecule has 1 saturated carbocycles. The predicted molar refractivity (Wildman–Crippen MR) is 46.3 cm³/mol.